The van der Waals surface area contributed by atoms with Crippen molar-refractivity contribution in [1.82, 2.24) is 0 Å². The van der Waals surface area contributed by atoms with Crippen molar-refractivity contribution in [1.29, 1.82) is 0 Å². The van der Waals surface area contributed by atoms with Gasteiger partial charge in [-0.05, 0) is 38.3 Å². The minimum Gasteiger partial charge on any atom is -0.335 e. The molecule has 92 valence electrons. The van der Waals surface area contributed by atoms with Crippen LogP contribution in [-0.2, 0) is 0 Å². The van der Waals surface area contributed by atoms with Gasteiger partial charge < -0.3 is 5.32 Å². The second-order valence-electron chi connectivity index (χ2n) is 4.84. The highest BCUT2D eigenvalue weighted by molar-refractivity contribution is 8.14. The van der Waals surface area contributed by atoms with Crippen molar-refractivity contribution in [2.45, 2.75) is 45.4 Å². The summed E-state index contributed by atoms with van der Waals surface area (Å²) >= 11 is 1.84. The molecule has 1 aromatic rings. The highest BCUT2D eigenvalue weighted by atomic mass is 32.2. The number of nitrogens with zero attached hydrogens (tertiary/aromatic N) is 1. The fourth-order valence-corrected chi connectivity index (χ4v) is 3.34. The third-order valence-corrected chi connectivity index (χ3v) is 4.06. The number of amidine groups is 1. The first-order valence-corrected chi connectivity index (χ1v) is 7.02. The molecular formula is C14H20N2S. The lowest BCUT2D eigenvalue weighted by Crippen LogP contribution is -2.23. The molecule has 2 unspecified atom stereocenters. The van der Waals surface area contributed by atoms with Gasteiger partial charge >= 0.3 is 0 Å². The molecule has 3 heteroatoms. The Balaban J connectivity index is 2.21. The number of hydrogen-bond donors (Lipinski definition) is 1. The molecule has 0 fully saturated rings. The summed E-state index contributed by atoms with van der Waals surface area (Å²) in [4.78, 5) is 4.68. The average Bonchev–Trinajstić information content (AvgIpc) is 2.22. The molecule has 0 aliphatic carbocycles. The van der Waals surface area contributed by atoms with Crippen molar-refractivity contribution in [3.05, 3.63) is 29.3 Å². The molecule has 2 atom stereocenters. The molecule has 1 N–H and O–H groups in total. The largest absolute Gasteiger partial charge is 0.335 e. The molecule has 0 amide bonds. The Morgan fingerprint density at radius 1 is 1.24 bits per heavy atom. The molecular weight excluding hydrogens is 228 g/mol. The fraction of sp³-hybridized carbons (Fsp3) is 0.500. The number of anilines is 1. The van der Waals surface area contributed by atoms with Crippen LogP contribution < -0.4 is 5.32 Å². The van der Waals surface area contributed by atoms with Gasteiger partial charge in [-0.25, -0.2) is 0 Å². The van der Waals surface area contributed by atoms with Gasteiger partial charge in [-0.3, -0.25) is 4.99 Å². The maximum absolute atomic E-state index is 4.68. The van der Waals surface area contributed by atoms with E-state index in [2.05, 4.69) is 56.2 Å². The van der Waals surface area contributed by atoms with Gasteiger partial charge in [0.15, 0.2) is 5.17 Å². The number of rotatable bonds is 1. The van der Waals surface area contributed by atoms with E-state index < -0.39 is 0 Å². The van der Waals surface area contributed by atoms with Crippen LogP contribution in [0.15, 0.2) is 23.2 Å². The van der Waals surface area contributed by atoms with Crippen molar-refractivity contribution >= 4 is 22.6 Å². The minimum atomic E-state index is 0.429. The summed E-state index contributed by atoms with van der Waals surface area (Å²) < 4.78 is 0. The number of thioether (sulfide) groups is 1. The van der Waals surface area contributed by atoms with Crippen molar-refractivity contribution in [3.63, 3.8) is 0 Å². The number of aliphatic imine (C=N–C) groups is 1. The van der Waals surface area contributed by atoms with E-state index in [1.165, 1.54) is 23.2 Å². The number of benzene rings is 1. The van der Waals surface area contributed by atoms with Gasteiger partial charge in [0.25, 0.3) is 0 Å². The Labute approximate surface area is 108 Å². The van der Waals surface area contributed by atoms with Gasteiger partial charge in [-0.2, -0.15) is 0 Å². The van der Waals surface area contributed by atoms with Gasteiger partial charge in [0, 0.05) is 10.9 Å². The van der Waals surface area contributed by atoms with Crippen LogP contribution in [0.3, 0.4) is 0 Å². The van der Waals surface area contributed by atoms with Gasteiger partial charge in [-0.15, -0.1) is 0 Å². The number of nitrogens with one attached hydrogen (secondary N) is 1. The normalized spacial score (nSPS) is 24.4. The SMILES string of the molecule is Cc1cccc(C)c1NC1=NC(C)CC(C)S1. The van der Waals surface area contributed by atoms with E-state index in [4.69, 9.17) is 0 Å². The molecule has 0 saturated heterocycles. The van der Waals surface area contributed by atoms with Crippen LogP contribution in [0, 0.1) is 13.8 Å². The lowest BCUT2D eigenvalue weighted by atomic mass is 10.1. The standard InChI is InChI=1S/C14H20N2S/c1-9-6-5-7-10(2)13(9)16-14-15-11(3)8-12(4)17-14/h5-7,11-12H,8H2,1-4H3,(H,15,16). The first-order valence-electron chi connectivity index (χ1n) is 6.14. The van der Waals surface area contributed by atoms with E-state index in [0.717, 1.165) is 5.17 Å². The second kappa shape index (κ2) is 5.13. The predicted molar refractivity (Wildman–Crippen MR) is 78.1 cm³/mol. The topological polar surface area (TPSA) is 24.4 Å². The summed E-state index contributed by atoms with van der Waals surface area (Å²) in [5.74, 6) is 0. The molecule has 0 saturated carbocycles. The summed E-state index contributed by atoms with van der Waals surface area (Å²) in [5.41, 5.74) is 3.76. The zero-order valence-electron chi connectivity index (χ0n) is 10.9. The van der Waals surface area contributed by atoms with E-state index in [9.17, 15) is 0 Å². The van der Waals surface area contributed by atoms with Crippen molar-refractivity contribution in [3.8, 4) is 0 Å². The monoisotopic (exact) mass is 248 g/mol. The quantitative estimate of drug-likeness (QED) is 0.812. The Kier molecular flexibility index (Phi) is 3.77. The van der Waals surface area contributed by atoms with Crippen molar-refractivity contribution in [2.75, 3.05) is 5.32 Å². The van der Waals surface area contributed by atoms with Gasteiger partial charge in [0.05, 0.1) is 6.04 Å². The van der Waals surface area contributed by atoms with E-state index >= 15 is 0 Å². The highest BCUT2D eigenvalue weighted by Gasteiger charge is 2.19. The van der Waals surface area contributed by atoms with Crippen molar-refractivity contribution in [2.24, 2.45) is 4.99 Å². The maximum Gasteiger partial charge on any atom is 0.161 e. The highest BCUT2D eigenvalue weighted by Crippen LogP contribution is 2.28. The summed E-state index contributed by atoms with van der Waals surface area (Å²) in [6.45, 7) is 8.72. The second-order valence-corrected chi connectivity index (χ2v) is 6.27. The lowest BCUT2D eigenvalue weighted by molar-refractivity contribution is 0.661. The lowest BCUT2D eigenvalue weighted by Gasteiger charge is -2.24. The molecule has 0 aromatic heterocycles. The molecule has 2 nitrogen and oxygen atoms in total. The van der Waals surface area contributed by atoms with Gasteiger partial charge in [-0.1, -0.05) is 36.9 Å². The zero-order chi connectivity index (χ0) is 12.4. The summed E-state index contributed by atoms with van der Waals surface area (Å²) in [6, 6.07) is 6.79. The summed E-state index contributed by atoms with van der Waals surface area (Å²) in [6.07, 6.45) is 1.17. The Morgan fingerprint density at radius 3 is 2.47 bits per heavy atom. The van der Waals surface area contributed by atoms with Crippen LogP contribution in [0.2, 0.25) is 0 Å². The Morgan fingerprint density at radius 2 is 1.88 bits per heavy atom. The number of para-hydroxylation sites is 1. The predicted octanol–water partition coefficient (Wildman–Crippen LogP) is 3.99. The van der Waals surface area contributed by atoms with Crippen LogP contribution in [0.4, 0.5) is 5.69 Å². The number of aryl methyl sites for hydroxylation is 2. The van der Waals surface area contributed by atoms with Crippen LogP contribution >= 0.6 is 11.8 Å². The molecule has 1 aliphatic heterocycles. The molecule has 0 spiro atoms. The smallest absolute Gasteiger partial charge is 0.161 e. The summed E-state index contributed by atoms with van der Waals surface area (Å²) in [7, 11) is 0. The fourth-order valence-electron chi connectivity index (χ4n) is 2.18. The first-order chi connectivity index (χ1) is 8.06. The number of hydrogen-bond acceptors (Lipinski definition) is 3. The van der Waals surface area contributed by atoms with Crippen LogP contribution in [0.25, 0.3) is 0 Å². The Bertz CT molecular complexity index is 420. The zero-order valence-corrected chi connectivity index (χ0v) is 11.8. The van der Waals surface area contributed by atoms with E-state index in [0.29, 0.717) is 11.3 Å². The minimum absolute atomic E-state index is 0.429. The van der Waals surface area contributed by atoms with E-state index in [1.807, 2.05) is 11.8 Å². The molecule has 1 heterocycles. The van der Waals surface area contributed by atoms with Crippen LogP contribution in [-0.4, -0.2) is 16.5 Å². The van der Waals surface area contributed by atoms with Crippen molar-refractivity contribution < 1.29 is 0 Å². The van der Waals surface area contributed by atoms with Gasteiger partial charge in [0.2, 0.25) is 0 Å². The molecule has 17 heavy (non-hydrogen) atoms. The van der Waals surface area contributed by atoms with Crippen LogP contribution in [0.1, 0.15) is 31.4 Å². The molecule has 2 rings (SSSR count). The van der Waals surface area contributed by atoms with Gasteiger partial charge in [0.1, 0.15) is 0 Å². The first kappa shape index (κ1) is 12.5. The van der Waals surface area contributed by atoms with E-state index in [1.54, 1.807) is 0 Å². The maximum atomic E-state index is 4.68. The Hall–Kier alpha value is -0.960. The third kappa shape index (κ3) is 3.03. The molecule has 1 aliphatic rings. The van der Waals surface area contributed by atoms with E-state index in [-0.39, 0.29) is 0 Å². The average molecular weight is 248 g/mol. The molecule has 1 aromatic carbocycles. The molecule has 0 bridgehead atoms. The molecule has 0 radical (unpaired) electrons. The van der Waals surface area contributed by atoms with Crippen LogP contribution in [0.5, 0.6) is 0 Å². The summed E-state index contributed by atoms with van der Waals surface area (Å²) in [5, 5.41) is 5.20. The third-order valence-electron chi connectivity index (χ3n) is 3.04.